The van der Waals surface area contributed by atoms with Gasteiger partial charge in [-0.05, 0) is 18.2 Å². The van der Waals surface area contributed by atoms with Crippen molar-refractivity contribution >= 4 is 27.7 Å². The van der Waals surface area contributed by atoms with Crippen LogP contribution >= 0.6 is 27.7 Å². The Kier molecular flexibility index (Phi) is 5.00. The van der Waals surface area contributed by atoms with Gasteiger partial charge in [0.1, 0.15) is 5.75 Å². The highest BCUT2D eigenvalue weighted by atomic mass is 79.9. The highest BCUT2D eigenvalue weighted by Gasteiger charge is 2.09. The maximum absolute atomic E-state index is 5.63. The second kappa shape index (κ2) is 5.80. The summed E-state index contributed by atoms with van der Waals surface area (Å²) in [6.45, 7) is 7.42. The molecule has 1 aromatic rings. The van der Waals surface area contributed by atoms with Crippen LogP contribution in [0.5, 0.6) is 5.75 Å². The van der Waals surface area contributed by atoms with Crippen LogP contribution in [0.4, 0.5) is 0 Å². The number of rotatable bonds is 4. The lowest BCUT2D eigenvalue weighted by atomic mass is 10.3. The molecule has 0 unspecified atom stereocenters. The average molecular weight is 289 g/mol. The number of thioether (sulfide) groups is 1. The minimum atomic E-state index is 0.320. The third-order valence-corrected chi connectivity index (χ3v) is 3.41. The van der Waals surface area contributed by atoms with Gasteiger partial charge in [0.15, 0.2) is 0 Å². The predicted octanol–water partition coefficient (Wildman–Crippen LogP) is 4.36. The number of ether oxygens (including phenoxy) is 1. The van der Waals surface area contributed by atoms with Crippen LogP contribution in [0.1, 0.15) is 20.8 Å². The Hall–Kier alpha value is -0.150. The first kappa shape index (κ1) is 12.9. The van der Waals surface area contributed by atoms with Crippen LogP contribution < -0.4 is 4.74 Å². The Morgan fingerprint density at radius 1 is 1.33 bits per heavy atom. The van der Waals surface area contributed by atoms with Crippen molar-refractivity contribution in [1.82, 2.24) is 0 Å². The molecule has 0 radical (unpaired) electrons. The van der Waals surface area contributed by atoms with Gasteiger partial charge in [0.2, 0.25) is 0 Å². The maximum atomic E-state index is 5.63. The van der Waals surface area contributed by atoms with Gasteiger partial charge in [0.05, 0.1) is 6.61 Å². The number of halogens is 1. The summed E-state index contributed by atoms with van der Waals surface area (Å²) in [7, 11) is 0. The van der Waals surface area contributed by atoms with E-state index in [0.717, 1.165) is 22.6 Å². The van der Waals surface area contributed by atoms with E-state index in [2.05, 4.69) is 36.7 Å². The van der Waals surface area contributed by atoms with E-state index in [1.165, 1.54) is 0 Å². The van der Waals surface area contributed by atoms with Gasteiger partial charge >= 0.3 is 0 Å². The van der Waals surface area contributed by atoms with Crippen molar-refractivity contribution in [2.24, 2.45) is 0 Å². The summed E-state index contributed by atoms with van der Waals surface area (Å²) in [4.78, 5) is 0. The van der Waals surface area contributed by atoms with Gasteiger partial charge in [-0.25, -0.2) is 0 Å². The van der Waals surface area contributed by atoms with E-state index in [0.29, 0.717) is 4.75 Å². The molecule has 0 amide bonds. The summed E-state index contributed by atoms with van der Waals surface area (Å²) < 4.78 is 7.01. The number of hydrogen-bond acceptors (Lipinski definition) is 2. The second-order valence-corrected chi connectivity index (χ2v) is 7.10. The van der Waals surface area contributed by atoms with Crippen LogP contribution in [0.2, 0.25) is 0 Å². The summed E-state index contributed by atoms with van der Waals surface area (Å²) in [6, 6.07) is 7.95. The Morgan fingerprint density at radius 2 is 2.07 bits per heavy atom. The molecule has 0 atom stereocenters. The lowest BCUT2D eigenvalue weighted by molar-refractivity contribution is 0.343. The van der Waals surface area contributed by atoms with Crippen molar-refractivity contribution in [1.29, 1.82) is 0 Å². The van der Waals surface area contributed by atoms with E-state index in [-0.39, 0.29) is 0 Å². The van der Waals surface area contributed by atoms with Crippen molar-refractivity contribution < 1.29 is 4.74 Å². The van der Waals surface area contributed by atoms with Gasteiger partial charge in [0.25, 0.3) is 0 Å². The molecular weight excluding hydrogens is 272 g/mol. The largest absolute Gasteiger partial charge is 0.493 e. The third-order valence-electron chi connectivity index (χ3n) is 1.68. The van der Waals surface area contributed by atoms with E-state index in [1.807, 2.05) is 36.0 Å². The van der Waals surface area contributed by atoms with Crippen molar-refractivity contribution in [2.45, 2.75) is 25.5 Å². The number of benzene rings is 1. The van der Waals surface area contributed by atoms with Crippen molar-refractivity contribution in [3.8, 4) is 5.75 Å². The van der Waals surface area contributed by atoms with E-state index < -0.39 is 0 Å². The standard InChI is InChI=1S/C12H17BrOS/c1-12(2,3)15-8-7-14-11-6-4-5-10(13)9-11/h4-6,9H,7-8H2,1-3H3. The molecule has 0 aliphatic carbocycles. The van der Waals surface area contributed by atoms with E-state index >= 15 is 0 Å². The average Bonchev–Trinajstić information content (AvgIpc) is 2.11. The first-order valence-corrected chi connectivity index (χ1v) is 6.77. The minimum absolute atomic E-state index is 0.320. The molecule has 15 heavy (non-hydrogen) atoms. The zero-order valence-corrected chi connectivity index (χ0v) is 11.8. The van der Waals surface area contributed by atoms with E-state index in [9.17, 15) is 0 Å². The van der Waals surface area contributed by atoms with Gasteiger partial charge in [-0.3, -0.25) is 0 Å². The van der Waals surface area contributed by atoms with Crippen LogP contribution in [0, 0.1) is 0 Å². The number of hydrogen-bond donors (Lipinski definition) is 0. The molecule has 1 rings (SSSR count). The smallest absolute Gasteiger partial charge is 0.120 e. The van der Waals surface area contributed by atoms with Crippen LogP contribution in [-0.2, 0) is 0 Å². The lowest BCUT2D eigenvalue weighted by Crippen LogP contribution is -2.11. The fourth-order valence-corrected chi connectivity index (χ4v) is 2.22. The summed E-state index contributed by atoms with van der Waals surface area (Å²) in [5.74, 6) is 1.95. The van der Waals surface area contributed by atoms with Gasteiger partial charge in [-0.2, -0.15) is 11.8 Å². The van der Waals surface area contributed by atoms with Crippen LogP contribution in [-0.4, -0.2) is 17.1 Å². The Balaban J connectivity index is 2.26. The molecule has 1 nitrogen and oxygen atoms in total. The van der Waals surface area contributed by atoms with Gasteiger partial charge < -0.3 is 4.74 Å². The molecule has 0 aromatic heterocycles. The summed E-state index contributed by atoms with van der Waals surface area (Å²) >= 11 is 5.34. The first-order valence-electron chi connectivity index (χ1n) is 5.00. The highest BCUT2D eigenvalue weighted by Crippen LogP contribution is 2.23. The molecule has 0 aliphatic heterocycles. The molecule has 0 saturated heterocycles. The minimum Gasteiger partial charge on any atom is -0.493 e. The SMILES string of the molecule is CC(C)(C)SCCOc1cccc(Br)c1. The maximum Gasteiger partial charge on any atom is 0.120 e. The molecule has 1 aromatic carbocycles. The fourth-order valence-electron chi connectivity index (χ4n) is 1.06. The van der Waals surface area contributed by atoms with Gasteiger partial charge in [-0.1, -0.05) is 42.8 Å². The molecule has 84 valence electrons. The zero-order valence-electron chi connectivity index (χ0n) is 9.42. The summed E-state index contributed by atoms with van der Waals surface area (Å²) in [5, 5.41) is 0. The van der Waals surface area contributed by atoms with E-state index in [4.69, 9.17) is 4.74 Å². The van der Waals surface area contributed by atoms with Crippen molar-refractivity contribution in [3.63, 3.8) is 0 Å². The molecule has 0 aliphatic rings. The zero-order chi connectivity index (χ0) is 11.3. The summed E-state index contributed by atoms with van der Waals surface area (Å²) in [5.41, 5.74) is 0. The quantitative estimate of drug-likeness (QED) is 0.762. The predicted molar refractivity (Wildman–Crippen MR) is 71.8 cm³/mol. The third kappa shape index (κ3) is 6.10. The molecule has 0 heterocycles. The normalized spacial score (nSPS) is 11.5. The second-order valence-electron chi connectivity index (χ2n) is 4.27. The van der Waals surface area contributed by atoms with Crippen LogP contribution in [0.15, 0.2) is 28.7 Å². The Labute approximate surface area is 105 Å². The van der Waals surface area contributed by atoms with Crippen LogP contribution in [0.3, 0.4) is 0 Å². The molecule has 0 N–H and O–H groups in total. The lowest BCUT2D eigenvalue weighted by Gasteiger charge is -2.17. The van der Waals surface area contributed by atoms with Crippen molar-refractivity contribution in [3.05, 3.63) is 28.7 Å². The van der Waals surface area contributed by atoms with E-state index in [1.54, 1.807) is 0 Å². The highest BCUT2D eigenvalue weighted by molar-refractivity contribution is 9.10. The molecule has 0 saturated carbocycles. The molecule has 0 bridgehead atoms. The van der Waals surface area contributed by atoms with Crippen molar-refractivity contribution in [2.75, 3.05) is 12.4 Å². The molecule has 3 heteroatoms. The van der Waals surface area contributed by atoms with Crippen LogP contribution in [0.25, 0.3) is 0 Å². The fraction of sp³-hybridized carbons (Fsp3) is 0.500. The Morgan fingerprint density at radius 3 is 2.67 bits per heavy atom. The topological polar surface area (TPSA) is 9.23 Å². The van der Waals surface area contributed by atoms with Gasteiger partial charge in [-0.15, -0.1) is 0 Å². The summed E-state index contributed by atoms with van der Waals surface area (Å²) in [6.07, 6.45) is 0. The first-order chi connectivity index (χ1) is 6.97. The molecule has 0 fully saturated rings. The molecule has 0 spiro atoms. The molecular formula is C12H17BrOS. The van der Waals surface area contributed by atoms with Gasteiger partial charge in [0, 0.05) is 15.0 Å². The Bertz CT molecular complexity index is 307. The monoisotopic (exact) mass is 288 g/mol.